The van der Waals surface area contributed by atoms with E-state index in [0.717, 1.165) is 12.6 Å². The number of hydrogen-bond acceptors (Lipinski definition) is 1. The van der Waals surface area contributed by atoms with Crippen LogP contribution < -0.4 is 5.32 Å². The van der Waals surface area contributed by atoms with Crippen LogP contribution in [0.4, 0.5) is 0 Å². The summed E-state index contributed by atoms with van der Waals surface area (Å²) in [6, 6.07) is 12.1. The molecule has 1 aromatic rings. The topological polar surface area (TPSA) is 12.0 Å². The van der Waals surface area contributed by atoms with Gasteiger partial charge in [0.05, 0.1) is 0 Å². The summed E-state index contributed by atoms with van der Waals surface area (Å²) in [5.41, 5.74) is 1.35. The summed E-state index contributed by atoms with van der Waals surface area (Å²) in [5.74, 6) is 0. The molecule has 14 heavy (non-hydrogen) atoms. The van der Waals surface area contributed by atoms with Crippen molar-refractivity contribution in [1.82, 2.24) is 5.32 Å². The van der Waals surface area contributed by atoms with Crippen LogP contribution in [0.3, 0.4) is 0 Å². The van der Waals surface area contributed by atoms with Crippen LogP contribution in [-0.4, -0.2) is 6.04 Å². The zero-order valence-corrected chi connectivity index (χ0v) is 8.63. The van der Waals surface area contributed by atoms with Gasteiger partial charge in [-0.2, -0.15) is 0 Å². The van der Waals surface area contributed by atoms with Crippen molar-refractivity contribution in [3.05, 3.63) is 35.9 Å². The van der Waals surface area contributed by atoms with E-state index in [2.05, 4.69) is 29.6 Å². The van der Waals surface area contributed by atoms with E-state index >= 15 is 0 Å². The van der Waals surface area contributed by atoms with Gasteiger partial charge in [0.2, 0.25) is 0 Å². The zero-order chi connectivity index (χ0) is 9.64. The molecule has 75 valence electrons. The first-order valence-corrected chi connectivity index (χ1v) is 5.63. The van der Waals surface area contributed by atoms with Crippen LogP contribution in [-0.2, 0) is 6.54 Å². The molecule has 1 radical (unpaired) electrons. The highest BCUT2D eigenvalue weighted by atomic mass is 14.9. The Bertz CT molecular complexity index is 249. The van der Waals surface area contributed by atoms with Gasteiger partial charge in [-0.3, -0.25) is 0 Å². The van der Waals surface area contributed by atoms with E-state index in [9.17, 15) is 0 Å². The molecule has 0 aliphatic heterocycles. The van der Waals surface area contributed by atoms with E-state index in [1.54, 1.807) is 0 Å². The summed E-state index contributed by atoms with van der Waals surface area (Å²) in [6.07, 6.45) is 6.95. The Morgan fingerprint density at radius 2 is 2.14 bits per heavy atom. The van der Waals surface area contributed by atoms with Gasteiger partial charge in [-0.25, -0.2) is 0 Å². The molecule has 2 rings (SSSR count). The SMILES string of the molecule is [c]1cccc(CNC2CCCCC2)c1. The zero-order valence-electron chi connectivity index (χ0n) is 8.63. The van der Waals surface area contributed by atoms with Gasteiger partial charge in [-0.15, -0.1) is 0 Å². The van der Waals surface area contributed by atoms with Crippen molar-refractivity contribution >= 4 is 0 Å². The molecule has 1 fully saturated rings. The maximum atomic E-state index is 3.62. The van der Waals surface area contributed by atoms with Crippen molar-refractivity contribution in [1.29, 1.82) is 0 Å². The van der Waals surface area contributed by atoms with Crippen LogP contribution in [0.1, 0.15) is 37.7 Å². The summed E-state index contributed by atoms with van der Waals surface area (Å²) in [4.78, 5) is 0. The van der Waals surface area contributed by atoms with Gasteiger partial charge >= 0.3 is 0 Å². The molecular weight excluding hydrogens is 170 g/mol. The van der Waals surface area contributed by atoms with Crippen LogP contribution in [0.15, 0.2) is 24.3 Å². The van der Waals surface area contributed by atoms with Gasteiger partial charge < -0.3 is 5.32 Å². The fraction of sp³-hybridized carbons (Fsp3) is 0.538. The Morgan fingerprint density at radius 3 is 2.86 bits per heavy atom. The van der Waals surface area contributed by atoms with Gasteiger partial charge in [0, 0.05) is 12.6 Å². The number of rotatable bonds is 3. The number of benzene rings is 1. The lowest BCUT2D eigenvalue weighted by Gasteiger charge is -2.22. The second kappa shape index (κ2) is 5.16. The summed E-state index contributed by atoms with van der Waals surface area (Å²) in [6.45, 7) is 1.00. The van der Waals surface area contributed by atoms with Gasteiger partial charge in [-0.1, -0.05) is 37.5 Å². The lowest BCUT2D eigenvalue weighted by Crippen LogP contribution is -2.30. The minimum Gasteiger partial charge on any atom is -0.310 e. The first-order chi connectivity index (χ1) is 6.95. The van der Waals surface area contributed by atoms with Crippen LogP contribution >= 0.6 is 0 Å². The molecule has 1 aromatic carbocycles. The van der Waals surface area contributed by atoms with Crippen molar-refractivity contribution in [2.24, 2.45) is 0 Å². The highest BCUT2D eigenvalue weighted by molar-refractivity contribution is 5.13. The highest BCUT2D eigenvalue weighted by Crippen LogP contribution is 2.17. The van der Waals surface area contributed by atoms with Crippen LogP contribution in [0.2, 0.25) is 0 Å². The second-order valence-corrected chi connectivity index (χ2v) is 4.13. The fourth-order valence-corrected chi connectivity index (χ4v) is 2.11. The van der Waals surface area contributed by atoms with Gasteiger partial charge in [0.15, 0.2) is 0 Å². The lowest BCUT2D eigenvalue weighted by atomic mass is 9.95. The van der Waals surface area contributed by atoms with Crippen molar-refractivity contribution < 1.29 is 0 Å². The molecular formula is C13H18N. The largest absolute Gasteiger partial charge is 0.310 e. The average Bonchev–Trinajstić information content (AvgIpc) is 2.29. The van der Waals surface area contributed by atoms with E-state index < -0.39 is 0 Å². The van der Waals surface area contributed by atoms with E-state index in [1.807, 2.05) is 6.07 Å². The van der Waals surface area contributed by atoms with Crippen molar-refractivity contribution in [3.63, 3.8) is 0 Å². The molecule has 1 heteroatoms. The first kappa shape index (κ1) is 9.72. The molecule has 1 aliphatic carbocycles. The van der Waals surface area contributed by atoms with Crippen LogP contribution in [0.25, 0.3) is 0 Å². The van der Waals surface area contributed by atoms with Crippen molar-refractivity contribution in [3.8, 4) is 0 Å². The van der Waals surface area contributed by atoms with E-state index in [1.165, 1.54) is 37.7 Å². The van der Waals surface area contributed by atoms with Gasteiger partial charge in [0.25, 0.3) is 0 Å². The summed E-state index contributed by atoms with van der Waals surface area (Å²) in [5, 5.41) is 3.62. The van der Waals surface area contributed by atoms with Gasteiger partial charge in [-0.05, 0) is 30.5 Å². The number of nitrogens with one attached hydrogen (secondary N) is 1. The molecule has 0 amide bonds. The first-order valence-electron chi connectivity index (χ1n) is 5.63. The van der Waals surface area contributed by atoms with Gasteiger partial charge in [0.1, 0.15) is 0 Å². The predicted octanol–water partition coefficient (Wildman–Crippen LogP) is 2.91. The lowest BCUT2D eigenvalue weighted by molar-refractivity contribution is 0.372. The highest BCUT2D eigenvalue weighted by Gasteiger charge is 2.11. The third kappa shape index (κ3) is 2.85. The Kier molecular flexibility index (Phi) is 3.58. The summed E-state index contributed by atoms with van der Waals surface area (Å²) < 4.78 is 0. The van der Waals surface area contributed by atoms with Crippen LogP contribution in [0.5, 0.6) is 0 Å². The Morgan fingerprint density at radius 1 is 1.29 bits per heavy atom. The third-order valence-electron chi connectivity index (χ3n) is 2.97. The monoisotopic (exact) mass is 188 g/mol. The Labute approximate surface area is 86.5 Å². The smallest absolute Gasteiger partial charge is 0.0208 e. The quantitative estimate of drug-likeness (QED) is 0.769. The van der Waals surface area contributed by atoms with Crippen molar-refractivity contribution in [2.75, 3.05) is 0 Å². The van der Waals surface area contributed by atoms with E-state index in [-0.39, 0.29) is 0 Å². The maximum absolute atomic E-state index is 3.62. The summed E-state index contributed by atoms with van der Waals surface area (Å²) >= 11 is 0. The molecule has 1 saturated carbocycles. The molecule has 0 aromatic heterocycles. The molecule has 0 heterocycles. The maximum Gasteiger partial charge on any atom is 0.0208 e. The standard InChI is InChI=1S/C13H18N/c1-3-7-12(8-4-1)11-14-13-9-5-2-6-10-13/h1,3,7-8,13-14H,2,5-6,9-11H2. The molecule has 1 aliphatic rings. The molecule has 0 spiro atoms. The normalized spacial score (nSPS) is 18.3. The molecule has 0 saturated heterocycles. The minimum atomic E-state index is 0.754. The van der Waals surface area contributed by atoms with E-state index in [0.29, 0.717) is 0 Å². The molecule has 1 nitrogen and oxygen atoms in total. The minimum absolute atomic E-state index is 0.754. The summed E-state index contributed by atoms with van der Waals surface area (Å²) in [7, 11) is 0. The van der Waals surface area contributed by atoms with Crippen molar-refractivity contribution in [2.45, 2.75) is 44.7 Å². The Hall–Kier alpha value is -0.820. The van der Waals surface area contributed by atoms with E-state index in [4.69, 9.17) is 0 Å². The third-order valence-corrected chi connectivity index (χ3v) is 2.97. The predicted molar refractivity (Wildman–Crippen MR) is 59.0 cm³/mol. The molecule has 1 N–H and O–H groups in total. The second-order valence-electron chi connectivity index (χ2n) is 4.13. The average molecular weight is 188 g/mol. The fourth-order valence-electron chi connectivity index (χ4n) is 2.11. The van der Waals surface area contributed by atoms with Crippen LogP contribution in [0, 0.1) is 6.07 Å². The Balaban J connectivity index is 1.76. The molecule has 0 atom stereocenters. The molecule has 0 bridgehead atoms. The number of hydrogen-bond donors (Lipinski definition) is 1. The molecule has 0 unspecified atom stereocenters.